The molecule has 1 aromatic carbocycles. The number of fused-ring (bicyclic) bond motifs is 4. The zero-order chi connectivity index (χ0) is 20.8. The minimum atomic E-state index is -0.102. The third-order valence-electron chi connectivity index (χ3n) is 6.53. The molecule has 4 heterocycles. The second kappa shape index (κ2) is 7.57. The van der Waals surface area contributed by atoms with E-state index >= 15 is 0 Å². The van der Waals surface area contributed by atoms with Crippen LogP contribution in [0, 0.1) is 6.92 Å². The number of aryl methyl sites for hydroxylation is 1. The molecule has 4 aliphatic rings. The number of likely N-dealkylation sites (tertiary alicyclic amines) is 1. The summed E-state index contributed by atoms with van der Waals surface area (Å²) in [5, 5.41) is 1.01. The summed E-state index contributed by atoms with van der Waals surface area (Å²) in [6.45, 7) is 4.69. The van der Waals surface area contributed by atoms with Gasteiger partial charge in [0.15, 0.2) is 17.6 Å². The van der Waals surface area contributed by atoms with E-state index in [1.165, 1.54) is 24.8 Å². The van der Waals surface area contributed by atoms with Gasteiger partial charge >= 0.3 is 0 Å². The van der Waals surface area contributed by atoms with Gasteiger partial charge in [-0.25, -0.2) is 0 Å². The van der Waals surface area contributed by atoms with Crippen molar-refractivity contribution < 1.29 is 13.9 Å². The highest BCUT2D eigenvalue weighted by Gasteiger charge is 2.36. The number of benzene rings is 1. The molecule has 5 heteroatoms. The standard InChI is InChI=1S/C26H26N2O3/c1-17-7-8-20-21(27-17)9-10-22-26(20)31-24(16-30-22)25(28-11-3-2-4-12-28)19-14-18-6-5-13-29-23(18)15-19/h5-10,13-15,24-25H,2-4,11-12,16H2,1H3. The first-order valence-corrected chi connectivity index (χ1v) is 11.2. The van der Waals surface area contributed by atoms with E-state index in [-0.39, 0.29) is 12.1 Å². The van der Waals surface area contributed by atoms with E-state index in [2.05, 4.69) is 34.1 Å². The Morgan fingerprint density at radius 1 is 1.03 bits per heavy atom. The van der Waals surface area contributed by atoms with E-state index in [1.807, 2.05) is 31.2 Å². The fourth-order valence-corrected chi connectivity index (χ4v) is 5.05. The Hall–Kier alpha value is -3.05. The molecule has 5 nitrogen and oxygen atoms in total. The molecule has 1 aliphatic carbocycles. The highest BCUT2D eigenvalue weighted by Crippen LogP contribution is 2.43. The Morgan fingerprint density at radius 3 is 2.81 bits per heavy atom. The number of hydrogen-bond donors (Lipinski definition) is 0. The molecule has 0 bridgehead atoms. The van der Waals surface area contributed by atoms with E-state index in [1.54, 1.807) is 6.26 Å². The molecule has 1 saturated heterocycles. The van der Waals surface area contributed by atoms with E-state index in [9.17, 15) is 0 Å². The minimum Gasteiger partial charge on any atom is -0.486 e. The smallest absolute Gasteiger partial charge is 0.171 e. The first kappa shape index (κ1) is 18.7. The second-order valence-electron chi connectivity index (χ2n) is 8.64. The van der Waals surface area contributed by atoms with E-state index in [0.29, 0.717) is 6.61 Å². The number of piperidine rings is 1. The Balaban J connectivity index is 1.41. The van der Waals surface area contributed by atoms with Crippen LogP contribution in [0.1, 0.15) is 36.6 Å². The Morgan fingerprint density at radius 2 is 1.94 bits per heavy atom. The highest BCUT2D eigenvalue weighted by molar-refractivity contribution is 5.88. The molecule has 0 radical (unpaired) electrons. The largest absolute Gasteiger partial charge is 0.486 e. The lowest BCUT2D eigenvalue weighted by molar-refractivity contribution is 0.00679. The van der Waals surface area contributed by atoms with Gasteiger partial charge in [0.2, 0.25) is 0 Å². The summed E-state index contributed by atoms with van der Waals surface area (Å²) < 4.78 is 18.7. The molecule has 31 heavy (non-hydrogen) atoms. The topological polar surface area (TPSA) is 47.7 Å². The van der Waals surface area contributed by atoms with Crippen molar-refractivity contribution in [2.75, 3.05) is 19.7 Å². The summed E-state index contributed by atoms with van der Waals surface area (Å²) in [5.41, 5.74) is 4.30. The minimum absolute atomic E-state index is 0.102. The van der Waals surface area contributed by atoms with Crippen LogP contribution in [-0.2, 0) is 0 Å². The van der Waals surface area contributed by atoms with Crippen LogP contribution >= 0.6 is 0 Å². The van der Waals surface area contributed by atoms with Gasteiger partial charge in [-0.3, -0.25) is 9.88 Å². The number of hydrogen-bond acceptors (Lipinski definition) is 5. The van der Waals surface area contributed by atoms with Crippen LogP contribution in [0.5, 0.6) is 11.5 Å². The van der Waals surface area contributed by atoms with Gasteiger partial charge in [-0.15, -0.1) is 0 Å². The van der Waals surface area contributed by atoms with E-state index < -0.39 is 0 Å². The van der Waals surface area contributed by atoms with E-state index in [4.69, 9.17) is 13.9 Å². The van der Waals surface area contributed by atoms with Crippen LogP contribution < -0.4 is 9.47 Å². The summed E-state index contributed by atoms with van der Waals surface area (Å²) in [5.74, 6) is 2.53. The maximum absolute atomic E-state index is 6.71. The van der Waals surface area contributed by atoms with Crippen molar-refractivity contribution in [3.05, 3.63) is 66.1 Å². The molecule has 3 aliphatic heterocycles. The van der Waals surface area contributed by atoms with Crippen molar-refractivity contribution in [2.24, 2.45) is 0 Å². The van der Waals surface area contributed by atoms with Gasteiger partial charge in [-0.1, -0.05) is 6.42 Å². The number of pyridine rings is 1. The number of ether oxygens (including phenoxy) is 2. The van der Waals surface area contributed by atoms with Crippen molar-refractivity contribution in [2.45, 2.75) is 38.3 Å². The van der Waals surface area contributed by atoms with Gasteiger partial charge in [0, 0.05) is 16.6 Å². The normalized spacial score (nSPS) is 20.2. The van der Waals surface area contributed by atoms with Crippen LogP contribution in [0.25, 0.3) is 22.2 Å². The maximum atomic E-state index is 6.71. The van der Waals surface area contributed by atoms with E-state index in [0.717, 1.165) is 52.5 Å². The molecule has 6 rings (SSSR count). The average molecular weight is 415 g/mol. The number of rotatable bonds is 3. The zero-order valence-electron chi connectivity index (χ0n) is 17.7. The van der Waals surface area contributed by atoms with Gasteiger partial charge in [-0.05, 0) is 86.9 Å². The van der Waals surface area contributed by atoms with Crippen molar-refractivity contribution in [1.29, 1.82) is 0 Å². The van der Waals surface area contributed by atoms with Crippen molar-refractivity contribution in [3.8, 4) is 22.8 Å². The first-order chi connectivity index (χ1) is 15.3. The second-order valence-corrected chi connectivity index (χ2v) is 8.64. The lowest BCUT2D eigenvalue weighted by Crippen LogP contribution is -2.45. The predicted molar refractivity (Wildman–Crippen MR) is 120 cm³/mol. The van der Waals surface area contributed by atoms with Gasteiger partial charge in [0.05, 0.1) is 17.8 Å². The molecule has 1 aromatic heterocycles. The lowest BCUT2D eigenvalue weighted by Gasteiger charge is -2.40. The molecule has 0 N–H and O–H groups in total. The molecular weight excluding hydrogens is 388 g/mol. The van der Waals surface area contributed by atoms with Crippen LogP contribution in [0.3, 0.4) is 0 Å². The summed E-state index contributed by atoms with van der Waals surface area (Å²) in [6, 6.07) is 16.7. The third kappa shape index (κ3) is 3.33. The molecule has 0 spiro atoms. The first-order valence-electron chi connectivity index (χ1n) is 11.2. The fraction of sp³-hybridized carbons (Fsp3) is 0.346. The molecule has 1 fully saturated rings. The number of nitrogens with zero attached hydrogens (tertiary/aromatic N) is 2. The van der Waals surface area contributed by atoms with Crippen LogP contribution in [0.2, 0.25) is 0 Å². The fourth-order valence-electron chi connectivity index (χ4n) is 5.05. The quantitative estimate of drug-likeness (QED) is 0.436. The highest BCUT2D eigenvalue weighted by atomic mass is 16.6. The van der Waals surface area contributed by atoms with Gasteiger partial charge in [0.1, 0.15) is 12.4 Å². The maximum Gasteiger partial charge on any atom is 0.171 e. The molecule has 2 unspecified atom stereocenters. The van der Waals surface area contributed by atoms with Crippen LogP contribution in [0.15, 0.2) is 59.2 Å². The Labute approximate surface area is 181 Å². The summed E-state index contributed by atoms with van der Waals surface area (Å²) in [4.78, 5) is 7.23. The number of aromatic nitrogens is 1. The molecule has 158 valence electrons. The van der Waals surface area contributed by atoms with Gasteiger partial charge in [0.25, 0.3) is 0 Å². The van der Waals surface area contributed by atoms with Crippen molar-refractivity contribution in [3.63, 3.8) is 0 Å². The Bertz CT molecular complexity index is 1160. The molecule has 2 aromatic rings. The molecule has 0 amide bonds. The SMILES string of the molecule is Cc1ccc2c3c(ccc2n1)OCC(C(c1cc2cccoc-2c1)N1CCCCC1)O3. The summed E-state index contributed by atoms with van der Waals surface area (Å²) in [7, 11) is 0. The van der Waals surface area contributed by atoms with Crippen molar-refractivity contribution >= 4 is 10.9 Å². The van der Waals surface area contributed by atoms with Gasteiger partial charge in [-0.2, -0.15) is 0 Å². The lowest BCUT2D eigenvalue weighted by atomic mass is 9.98. The third-order valence-corrected chi connectivity index (χ3v) is 6.53. The van der Waals surface area contributed by atoms with Gasteiger partial charge < -0.3 is 13.9 Å². The summed E-state index contributed by atoms with van der Waals surface area (Å²) >= 11 is 0. The summed E-state index contributed by atoms with van der Waals surface area (Å²) in [6.07, 6.45) is 5.37. The molecular formula is C26H26N2O3. The zero-order valence-corrected chi connectivity index (χ0v) is 17.7. The molecule has 0 saturated carbocycles. The van der Waals surface area contributed by atoms with Crippen LogP contribution in [-0.4, -0.2) is 35.7 Å². The predicted octanol–water partition coefficient (Wildman–Crippen LogP) is 5.61. The molecule has 2 atom stereocenters. The average Bonchev–Trinajstić information content (AvgIpc) is 3.23. The Kier molecular flexibility index (Phi) is 4.57. The van der Waals surface area contributed by atoms with Crippen LogP contribution in [0.4, 0.5) is 0 Å². The monoisotopic (exact) mass is 414 g/mol. The van der Waals surface area contributed by atoms with Crippen molar-refractivity contribution in [1.82, 2.24) is 9.88 Å².